The zero-order valence-electron chi connectivity index (χ0n) is 9.32. The minimum absolute atomic E-state index is 0.0814. The van der Waals surface area contributed by atoms with Crippen LogP contribution in [0.15, 0.2) is 29.3 Å². The van der Waals surface area contributed by atoms with E-state index in [1.165, 1.54) is 0 Å². The lowest BCUT2D eigenvalue weighted by atomic mass is 10.0. The summed E-state index contributed by atoms with van der Waals surface area (Å²) in [6.07, 6.45) is 3.07. The summed E-state index contributed by atoms with van der Waals surface area (Å²) in [6, 6.07) is 7.59. The Morgan fingerprint density at radius 1 is 1.35 bits per heavy atom. The molecule has 1 saturated carbocycles. The number of carbonyl (C=O) groups excluding carboxylic acids is 1. The van der Waals surface area contributed by atoms with Gasteiger partial charge in [0, 0.05) is 10.6 Å². The van der Waals surface area contributed by atoms with E-state index in [0.29, 0.717) is 10.9 Å². The van der Waals surface area contributed by atoms with Gasteiger partial charge in [-0.15, -0.1) is 0 Å². The fourth-order valence-corrected chi connectivity index (χ4v) is 2.78. The predicted octanol–water partition coefficient (Wildman–Crippen LogP) is 2.39. The minimum atomic E-state index is 0.0814. The fourth-order valence-electron chi connectivity index (χ4n) is 2.59. The van der Waals surface area contributed by atoms with Crippen LogP contribution in [0.2, 0.25) is 5.02 Å². The molecule has 3 nitrogen and oxygen atoms in total. The van der Waals surface area contributed by atoms with Crippen molar-refractivity contribution < 1.29 is 4.79 Å². The molecule has 1 aliphatic carbocycles. The summed E-state index contributed by atoms with van der Waals surface area (Å²) in [7, 11) is 0. The summed E-state index contributed by atoms with van der Waals surface area (Å²) >= 11 is 5.94. The number of carbonyl (C=O) groups is 1. The van der Waals surface area contributed by atoms with Gasteiger partial charge in [0.25, 0.3) is 0 Å². The molecule has 0 aromatic heterocycles. The van der Waals surface area contributed by atoms with Gasteiger partial charge in [-0.05, 0) is 25.0 Å². The number of nitrogens with one attached hydrogen (secondary N) is 1. The number of amides is 1. The quantitative estimate of drug-likeness (QED) is 0.815. The average Bonchev–Trinajstić information content (AvgIpc) is 2.77. The number of aliphatic imine (C=N–C) groups is 1. The molecule has 1 aromatic rings. The van der Waals surface area contributed by atoms with Gasteiger partial charge in [0.1, 0.15) is 5.84 Å². The van der Waals surface area contributed by atoms with E-state index in [0.717, 1.165) is 24.8 Å². The largest absolute Gasteiger partial charge is 0.310 e. The smallest absolute Gasteiger partial charge is 0.230 e. The zero-order chi connectivity index (χ0) is 11.8. The lowest BCUT2D eigenvalue weighted by Crippen LogP contribution is -2.44. The van der Waals surface area contributed by atoms with Crippen LogP contribution in [-0.4, -0.2) is 17.8 Å². The molecule has 3 rings (SSSR count). The Balaban J connectivity index is 1.96. The summed E-state index contributed by atoms with van der Waals surface area (Å²) in [5, 5.41) is 3.54. The van der Waals surface area contributed by atoms with Crippen LogP contribution < -0.4 is 5.32 Å². The van der Waals surface area contributed by atoms with Crippen molar-refractivity contribution in [2.75, 3.05) is 0 Å². The second-order valence-corrected chi connectivity index (χ2v) is 5.02. The van der Waals surface area contributed by atoms with E-state index in [9.17, 15) is 4.79 Å². The minimum Gasteiger partial charge on any atom is -0.310 e. The van der Waals surface area contributed by atoms with E-state index in [1.54, 1.807) is 0 Å². The van der Waals surface area contributed by atoms with E-state index in [-0.39, 0.29) is 17.9 Å². The van der Waals surface area contributed by atoms with E-state index in [4.69, 9.17) is 11.6 Å². The van der Waals surface area contributed by atoms with Gasteiger partial charge in [0.2, 0.25) is 5.91 Å². The van der Waals surface area contributed by atoms with E-state index < -0.39 is 0 Å². The third-order valence-electron chi connectivity index (χ3n) is 3.45. The van der Waals surface area contributed by atoms with Crippen LogP contribution in [0.3, 0.4) is 0 Å². The van der Waals surface area contributed by atoms with Crippen LogP contribution in [0.1, 0.15) is 24.8 Å². The molecule has 0 saturated heterocycles. The van der Waals surface area contributed by atoms with Gasteiger partial charge < -0.3 is 5.32 Å². The van der Waals surface area contributed by atoms with Crippen molar-refractivity contribution in [1.82, 2.24) is 5.32 Å². The van der Waals surface area contributed by atoms with Crippen molar-refractivity contribution >= 4 is 23.3 Å². The van der Waals surface area contributed by atoms with Crippen LogP contribution in [0.25, 0.3) is 0 Å². The molecule has 17 heavy (non-hydrogen) atoms. The average molecular weight is 249 g/mol. The molecule has 0 spiro atoms. The molecule has 1 unspecified atom stereocenters. The fraction of sp³-hybridized carbons (Fsp3) is 0.385. The Bertz CT molecular complexity index is 498. The predicted molar refractivity (Wildman–Crippen MR) is 67.3 cm³/mol. The van der Waals surface area contributed by atoms with Crippen LogP contribution in [0.5, 0.6) is 0 Å². The Morgan fingerprint density at radius 3 is 3.06 bits per heavy atom. The van der Waals surface area contributed by atoms with E-state index in [2.05, 4.69) is 10.3 Å². The molecule has 1 N–H and O–H groups in total. The van der Waals surface area contributed by atoms with Crippen LogP contribution >= 0.6 is 11.6 Å². The summed E-state index contributed by atoms with van der Waals surface area (Å²) in [5.74, 6) is 0.857. The first-order valence-corrected chi connectivity index (χ1v) is 6.26. The van der Waals surface area contributed by atoms with Gasteiger partial charge in [-0.3, -0.25) is 9.79 Å². The van der Waals surface area contributed by atoms with Gasteiger partial charge in [0.15, 0.2) is 0 Å². The molecule has 1 fully saturated rings. The first-order valence-electron chi connectivity index (χ1n) is 5.88. The molecule has 1 heterocycles. The molecule has 0 radical (unpaired) electrons. The van der Waals surface area contributed by atoms with Crippen LogP contribution in [0.4, 0.5) is 0 Å². The number of nitrogens with zero attached hydrogens (tertiary/aromatic N) is 1. The summed E-state index contributed by atoms with van der Waals surface area (Å²) < 4.78 is 0. The summed E-state index contributed by atoms with van der Waals surface area (Å²) in [4.78, 5) is 16.6. The van der Waals surface area contributed by atoms with Crippen molar-refractivity contribution in [2.45, 2.75) is 25.3 Å². The molecule has 2 aliphatic rings. The van der Waals surface area contributed by atoms with Crippen molar-refractivity contribution in [3.63, 3.8) is 0 Å². The standard InChI is InChI=1S/C13H13ClN2O/c14-9-4-1-3-8(7-9)12-15-11-6-2-5-10(11)13(17)16-12/h1,3-4,7,10-11H,2,5-6H2,(H,15,16,17)/t10?,11-/m0/s1. The van der Waals surface area contributed by atoms with E-state index in [1.807, 2.05) is 24.3 Å². The highest BCUT2D eigenvalue weighted by Crippen LogP contribution is 2.31. The number of benzene rings is 1. The highest BCUT2D eigenvalue weighted by Gasteiger charge is 2.36. The lowest BCUT2D eigenvalue weighted by molar-refractivity contribution is -0.124. The van der Waals surface area contributed by atoms with Crippen molar-refractivity contribution in [2.24, 2.45) is 10.9 Å². The second kappa shape index (κ2) is 4.15. The van der Waals surface area contributed by atoms with Gasteiger partial charge in [-0.25, -0.2) is 0 Å². The number of fused-ring (bicyclic) bond motifs is 1. The molecule has 1 amide bonds. The molecular weight excluding hydrogens is 236 g/mol. The number of amidine groups is 1. The van der Waals surface area contributed by atoms with Gasteiger partial charge in [-0.2, -0.15) is 0 Å². The zero-order valence-corrected chi connectivity index (χ0v) is 10.1. The molecule has 2 atom stereocenters. The third-order valence-corrected chi connectivity index (χ3v) is 3.69. The highest BCUT2D eigenvalue weighted by molar-refractivity contribution is 6.31. The summed E-state index contributed by atoms with van der Waals surface area (Å²) in [6.45, 7) is 0. The number of hydrogen-bond donors (Lipinski definition) is 1. The SMILES string of the molecule is O=C1NC(c2cccc(Cl)c2)=N[C@H]2CCCC12. The maximum atomic E-state index is 11.9. The molecule has 4 heteroatoms. The maximum absolute atomic E-state index is 11.9. The van der Waals surface area contributed by atoms with Crippen molar-refractivity contribution in [1.29, 1.82) is 0 Å². The Morgan fingerprint density at radius 2 is 2.24 bits per heavy atom. The van der Waals surface area contributed by atoms with Gasteiger partial charge >= 0.3 is 0 Å². The number of halogens is 1. The Hall–Kier alpha value is -1.35. The van der Waals surface area contributed by atoms with Gasteiger partial charge in [-0.1, -0.05) is 30.2 Å². The Labute approximate surface area is 105 Å². The molecule has 88 valence electrons. The normalized spacial score (nSPS) is 27.4. The molecule has 0 bridgehead atoms. The van der Waals surface area contributed by atoms with Crippen LogP contribution in [0, 0.1) is 5.92 Å². The topological polar surface area (TPSA) is 41.5 Å². The molecule has 1 aromatic carbocycles. The van der Waals surface area contributed by atoms with Crippen molar-refractivity contribution in [3.05, 3.63) is 34.9 Å². The maximum Gasteiger partial charge on any atom is 0.230 e. The first kappa shape index (κ1) is 10.8. The lowest BCUT2D eigenvalue weighted by Gasteiger charge is -2.23. The molecular formula is C13H13ClN2O. The third kappa shape index (κ3) is 1.95. The Kier molecular flexibility index (Phi) is 2.63. The van der Waals surface area contributed by atoms with Crippen LogP contribution in [-0.2, 0) is 4.79 Å². The highest BCUT2D eigenvalue weighted by atomic mass is 35.5. The number of rotatable bonds is 1. The van der Waals surface area contributed by atoms with Crippen molar-refractivity contribution in [3.8, 4) is 0 Å². The van der Waals surface area contributed by atoms with Gasteiger partial charge in [0.05, 0.1) is 12.0 Å². The monoisotopic (exact) mass is 248 g/mol. The second-order valence-electron chi connectivity index (χ2n) is 4.58. The molecule has 1 aliphatic heterocycles. The number of hydrogen-bond acceptors (Lipinski definition) is 2. The van der Waals surface area contributed by atoms with E-state index >= 15 is 0 Å². The first-order chi connectivity index (χ1) is 8.24. The summed E-state index contributed by atoms with van der Waals surface area (Å²) in [5.41, 5.74) is 0.885.